The van der Waals surface area contributed by atoms with Crippen LogP contribution in [0, 0.1) is 0 Å². The van der Waals surface area contributed by atoms with Gasteiger partial charge in [0.2, 0.25) is 12.7 Å². The Morgan fingerprint density at radius 1 is 1.12 bits per heavy atom. The lowest BCUT2D eigenvalue weighted by atomic mass is 10.2. The zero-order chi connectivity index (χ0) is 17.8. The van der Waals surface area contributed by atoms with Crippen LogP contribution in [0.3, 0.4) is 0 Å². The number of halogens is 1. The van der Waals surface area contributed by atoms with E-state index in [2.05, 4.69) is 10.6 Å². The molecule has 0 aromatic heterocycles. The summed E-state index contributed by atoms with van der Waals surface area (Å²) in [6.07, 6.45) is 0. The van der Waals surface area contributed by atoms with Gasteiger partial charge in [0.1, 0.15) is 6.04 Å². The highest BCUT2D eigenvalue weighted by Crippen LogP contribution is 2.32. The van der Waals surface area contributed by atoms with Gasteiger partial charge in [0.25, 0.3) is 5.91 Å². The number of fused-ring (bicyclic) bond motifs is 1. The van der Waals surface area contributed by atoms with Crippen LogP contribution in [0.2, 0.25) is 5.02 Å². The molecule has 25 heavy (non-hydrogen) atoms. The monoisotopic (exact) mass is 360 g/mol. The number of ether oxygens (including phenoxy) is 2. The SMILES string of the molecule is C[C@@H](NC(=O)c1ccc(Cl)cc1)C(=O)NCc1ccc2c(c1)OCO2. The number of carbonyl (C=O) groups is 2. The Bertz CT molecular complexity index is 792. The largest absolute Gasteiger partial charge is 0.454 e. The summed E-state index contributed by atoms with van der Waals surface area (Å²) in [7, 11) is 0. The first-order valence-corrected chi connectivity index (χ1v) is 8.13. The average molecular weight is 361 g/mol. The van der Waals surface area contributed by atoms with Crippen molar-refractivity contribution in [1.82, 2.24) is 10.6 Å². The zero-order valence-corrected chi connectivity index (χ0v) is 14.3. The van der Waals surface area contributed by atoms with Crippen LogP contribution < -0.4 is 20.1 Å². The number of amides is 2. The highest BCUT2D eigenvalue weighted by molar-refractivity contribution is 6.30. The second-order valence-electron chi connectivity index (χ2n) is 5.61. The van der Waals surface area contributed by atoms with Crippen molar-refractivity contribution < 1.29 is 19.1 Å². The molecule has 0 fully saturated rings. The van der Waals surface area contributed by atoms with E-state index < -0.39 is 6.04 Å². The molecule has 7 heteroatoms. The third-order valence-electron chi connectivity index (χ3n) is 3.75. The van der Waals surface area contributed by atoms with Gasteiger partial charge >= 0.3 is 0 Å². The van der Waals surface area contributed by atoms with Crippen LogP contribution in [0.5, 0.6) is 11.5 Å². The molecule has 0 bridgehead atoms. The van der Waals surface area contributed by atoms with Crippen molar-refractivity contribution in [3.8, 4) is 11.5 Å². The van der Waals surface area contributed by atoms with Crippen LogP contribution in [0.4, 0.5) is 0 Å². The second kappa shape index (κ2) is 7.44. The van der Waals surface area contributed by atoms with E-state index in [1.54, 1.807) is 37.3 Å². The number of hydrogen-bond donors (Lipinski definition) is 2. The molecule has 2 N–H and O–H groups in total. The molecule has 1 atom stereocenters. The maximum atomic E-state index is 12.2. The second-order valence-corrected chi connectivity index (χ2v) is 6.04. The summed E-state index contributed by atoms with van der Waals surface area (Å²) in [6, 6.07) is 11.3. The van der Waals surface area contributed by atoms with Gasteiger partial charge in [-0.3, -0.25) is 9.59 Å². The van der Waals surface area contributed by atoms with Crippen LogP contribution in [0.15, 0.2) is 42.5 Å². The first kappa shape index (κ1) is 17.1. The van der Waals surface area contributed by atoms with E-state index in [0.717, 1.165) is 5.56 Å². The van der Waals surface area contributed by atoms with Crippen LogP contribution >= 0.6 is 11.6 Å². The lowest BCUT2D eigenvalue weighted by molar-refractivity contribution is -0.122. The van der Waals surface area contributed by atoms with Crippen molar-refractivity contribution in [1.29, 1.82) is 0 Å². The maximum absolute atomic E-state index is 12.2. The molecule has 130 valence electrons. The number of carbonyl (C=O) groups excluding carboxylic acids is 2. The molecule has 0 saturated heterocycles. The molecule has 2 aromatic rings. The molecule has 3 rings (SSSR count). The molecular weight excluding hydrogens is 344 g/mol. The molecule has 6 nitrogen and oxygen atoms in total. The number of rotatable bonds is 5. The molecule has 0 saturated carbocycles. The Labute approximate surface area is 150 Å². The summed E-state index contributed by atoms with van der Waals surface area (Å²) in [5.41, 5.74) is 1.33. The van der Waals surface area contributed by atoms with Crippen molar-refractivity contribution in [2.24, 2.45) is 0 Å². The van der Waals surface area contributed by atoms with E-state index >= 15 is 0 Å². The molecular formula is C18H17ClN2O4. The lowest BCUT2D eigenvalue weighted by Crippen LogP contribution is -2.44. The van der Waals surface area contributed by atoms with E-state index in [4.69, 9.17) is 21.1 Å². The van der Waals surface area contributed by atoms with Gasteiger partial charge in [-0.05, 0) is 48.9 Å². The van der Waals surface area contributed by atoms with Gasteiger partial charge in [0.05, 0.1) is 0 Å². The lowest BCUT2D eigenvalue weighted by Gasteiger charge is -2.14. The molecule has 1 aliphatic rings. The maximum Gasteiger partial charge on any atom is 0.251 e. The Morgan fingerprint density at radius 3 is 2.60 bits per heavy atom. The van der Waals surface area contributed by atoms with Gasteiger partial charge in [-0.15, -0.1) is 0 Å². The minimum Gasteiger partial charge on any atom is -0.454 e. The summed E-state index contributed by atoms with van der Waals surface area (Å²) in [5, 5.41) is 5.99. The third kappa shape index (κ3) is 4.22. The van der Waals surface area contributed by atoms with Crippen molar-refractivity contribution >= 4 is 23.4 Å². The van der Waals surface area contributed by atoms with Gasteiger partial charge in [-0.1, -0.05) is 17.7 Å². The summed E-state index contributed by atoms with van der Waals surface area (Å²) in [5.74, 6) is 0.747. The van der Waals surface area contributed by atoms with Gasteiger partial charge < -0.3 is 20.1 Å². The number of benzene rings is 2. The minimum absolute atomic E-state index is 0.207. The summed E-state index contributed by atoms with van der Waals surface area (Å²) in [6.45, 7) is 2.17. The molecule has 0 spiro atoms. The fourth-order valence-electron chi connectivity index (χ4n) is 2.34. The van der Waals surface area contributed by atoms with E-state index in [1.165, 1.54) is 0 Å². The molecule has 2 amide bonds. The normalized spacial score (nSPS) is 13.2. The number of nitrogens with one attached hydrogen (secondary N) is 2. The van der Waals surface area contributed by atoms with Crippen molar-refractivity contribution in [2.75, 3.05) is 6.79 Å². The van der Waals surface area contributed by atoms with Crippen LogP contribution in [-0.2, 0) is 11.3 Å². The van der Waals surface area contributed by atoms with E-state index in [1.807, 2.05) is 12.1 Å². The molecule has 1 aliphatic heterocycles. The van der Waals surface area contributed by atoms with Gasteiger partial charge in [0.15, 0.2) is 11.5 Å². The highest BCUT2D eigenvalue weighted by Gasteiger charge is 2.17. The average Bonchev–Trinajstić information content (AvgIpc) is 3.07. The molecule has 0 aliphatic carbocycles. The summed E-state index contributed by atoms with van der Waals surface area (Å²) < 4.78 is 10.5. The number of hydrogen-bond acceptors (Lipinski definition) is 4. The Hall–Kier alpha value is -2.73. The van der Waals surface area contributed by atoms with E-state index in [-0.39, 0.29) is 18.6 Å². The smallest absolute Gasteiger partial charge is 0.251 e. The zero-order valence-electron chi connectivity index (χ0n) is 13.5. The predicted molar refractivity (Wildman–Crippen MR) is 92.8 cm³/mol. The standard InChI is InChI=1S/C18H17ClN2O4/c1-11(21-18(23)13-3-5-14(19)6-4-13)17(22)20-9-12-2-7-15-16(8-12)25-10-24-15/h2-8,11H,9-10H2,1H3,(H,20,22)(H,21,23)/t11-/m1/s1. The Balaban J connectivity index is 1.52. The molecule has 1 heterocycles. The van der Waals surface area contributed by atoms with Gasteiger partial charge in [-0.25, -0.2) is 0 Å². The fourth-order valence-corrected chi connectivity index (χ4v) is 2.47. The van der Waals surface area contributed by atoms with E-state index in [0.29, 0.717) is 28.6 Å². The molecule has 2 aromatic carbocycles. The predicted octanol–water partition coefficient (Wildman–Crippen LogP) is 2.50. The highest BCUT2D eigenvalue weighted by atomic mass is 35.5. The first-order valence-electron chi connectivity index (χ1n) is 7.75. The van der Waals surface area contributed by atoms with Gasteiger partial charge in [-0.2, -0.15) is 0 Å². The third-order valence-corrected chi connectivity index (χ3v) is 4.00. The Kier molecular flexibility index (Phi) is 5.09. The van der Waals surface area contributed by atoms with Crippen LogP contribution in [-0.4, -0.2) is 24.6 Å². The Morgan fingerprint density at radius 2 is 1.84 bits per heavy atom. The first-order chi connectivity index (χ1) is 12.0. The summed E-state index contributed by atoms with van der Waals surface area (Å²) >= 11 is 5.79. The van der Waals surface area contributed by atoms with Crippen molar-refractivity contribution in [3.05, 3.63) is 58.6 Å². The molecule has 0 radical (unpaired) electrons. The molecule has 0 unspecified atom stereocenters. The van der Waals surface area contributed by atoms with E-state index in [9.17, 15) is 9.59 Å². The fraction of sp³-hybridized carbons (Fsp3) is 0.222. The summed E-state index contributed by atoms with van der Waals surface area (Å²) in [4.78, 5) is 24.3. The van der Waals surface area contributed by atoms with Crippen LogP contribution in [0.25, 0.3) is 0 Å². The van der Waals surface area contributed by atoms with Gasteiger partial charge in [0, 0.05) is 17.1 Å². The quantitative estimate of drug-likeness (QED) is 0.859. The minimum atomic E-state index is -0.669. The van der Waals surface area contributed by atoms with Crippen LogP contribution in [0.1, 0.15) is 22.8 Å². The van der Waals surface area contributed by atoms with Crippen molar-refractivity contribution in [2.45, 2.75) is 19.5 Å². The topological polar surface area (TPSA) is 76.7 Å². The van der Waals surface area contributed by atoms with Crippen molar-refractivity contribution in [3.63, 3.8) is 0 Å².